The summed E-state index contributed by atoms with van der Waals surface area (Å²) in [7, 11) is 0. The van der Waals surface area contributed by atoms with E-state index in [0.29, 0.717) is 0 Å². The number of carbonyl (C=O) groups is 1. The monoisotopic (exact) mass is 207 g/mol. The second-order valence-electron chi connectivity index (χ2n) is 2.04. The molecule has 0 heterocycles. The van der Waals surface area contributed by atoms with Crippen LogP contribution in [0.15, 0.2) is 28.9 Å². The van der Waals surface area contributed by atoms with Crippen LogP contribution in [0.3, 0.4) is 0 Å². The van der Waals surface area contributed by atoms with Crippen LogP contribution in [0.4, 0.5) is 4.39 Å². The number of carboxylic acids is 1. The van der Waals surface area contributed by atoms with Gasteiger partial charge < -0.3 is 10.2 Å². The number of aliphatic carboxylic acids is 1. The lowest BCUT2D eigenvalue weighted by molar-refractivity contribution is -0.131. The molecule has 6 heteroatoms. The number of carboxylic acid groups (broad SMARTS) is 1. The largest absolute Gasteiger partial charge is 0.491 e. The summed E-state index contributed by atoms with van der Waals surface area (Å²) in [6.45, 7) is 4.00. The molecule has 4 nitrogen and oxygen atoms in total. The Bertz CT molecular complexity index is 305. The fraction of sp³-hybridized carbons (Fsp3) is 0.143. The third-order valence-corrected chi connectivity index (χ3v) is 1.33. The maximum atomic E-state index is 12.2. The summed E-state index contributed by atoms with van der Waals surface area (Å²) in [4.78, 5) is 13.3. The number of aliphatic hydroxyl groups excluding tert-OH is 1. The molecule has 0 aromatic carbocycles. The van der Waals surface area contributed by atoms with E-state index >= 15 is 0 Å². The molecule has 0 aliphatic carbocycles. The maximum Gasteiger partial charge on any atom is 0.338 e. The standard InChI is InChI=1S/C7H7ClFNO3/c1-3(7(12)13)5(8)10-6(11)4(2)9/h11H,1H2,2H3,(H,12,13)/b6-4-,10-5+. The molecule has 0 fully saturated rings. The molecule has 13 heavy (non-hydrogen) atoms. The van der Waals surface area contributed by atoms with Crippen LogP contribution in [0.25, 0.3) is 0 Å². The van der Waals surface area contributed by atoms with Gasteiger partial charge in [-0.3, -0.25) is 0 Å². The Balaban J connectivity index is 4.80. The van der Waals surface area contributed by atoms with Crippen LogP contribution < -0.4 is 0 Å². The molecule has 0 aliphatic heterocycles. The van der Waals surface area contributed by atoms with E-state index in [4.69, 9.17) is 21.8 Å². The SMILES string of the molecule is C=C(C(=O)O)/C(Cl)=N\C(O)=C(/C)F. The van der Waals surface area contributed by atoms with Crippen LogP contribution in [0.5, 0.6) is 0 Å². The van der Waals surface area contributed by atoms with Crippen molar-refractivity contribution >= 4 is 22.7 Å². The predicted molar refractivity (Wildman–Crippen MR) is 46.5 cm³/mol. The van der Waals surface area contributed by atoms with Crippen molar-refractivity contribution in [3.05, 3.63) is 23.9 Å². The molecule has 0 saturated heterocycles. The zero-order valence-corrected chi connectivity index (χ0v) is 7.47. The molecule has 2 N–H and O–H groups in total. The van der Waals surface area contributed by atoms with Crippen molar-refractivity contribution in [3.8, 4) is 0 Å². The Morgan fingerprint density at radius 1 is 1.54 bits per heavy atom. The third-order valence-electron chi connectivity index (χ3n) is 1.02. The highest BCUT2D eigenvalue weighted by atomic mass is 35.5. The molecule has 0 saturated carbocycles. The Kier molecular flexibility index (Phi) is 4.13. The van der Waals surface area contributed by atoms with Gasteiger partial charge in [-0.2, -0.15) is 4.99 Å². The molecule has 0 spiro atoms. The van der Waals surface area contributed by atoms with Crippen molar-refractivity contribution in [1.82, 2.24) is 0 Å². The number of aliphatic imine (C=N–C) groups is 1. The minimum Gasteiger partial charge on any atom is -0.491 e. The lowest BCUT2D eigenvalue weighted by Crippen LogP contribution is -2.06. The average molecular weight is 208 g/mol. The molecule has 0 amide bonds. The lowest BCUT2D eigenvalue weighted by Gasteiger charge is -1.96. The first-order valence-electron chi connectivity index (χ1n) is 3.08. The number of hydrogen-bond donors (Lipinski definition) is 2. The average Bonchev–Trinajstić information content (AvgIpc) is 2.02. The van der Waals surface area contributed by atoms with Gasteiger partial charge in [-0.25, -0.2) is 9.18 Å². The van der Waals surface area contributed by atoms with E-state index in [1.54, 1.807) is 0 Å². The lowest BCUT2D eigenvalue weighted by atomic mass is 10.3. The summed E-state index contributed by atoms with van der Waals surface area (Å²) >= 11 is 5.27. The van der Waals surface area contributed by atoms with E-state index in [0.717, 1.165) is 6.92 Å². The van der Waals surface area contributed by atoms with Gasteiger partial charge in [0.15, 0.2) is 5.83 Å². The van der Waals surface area contributed by atoms with E-state index in [2.05, 4.69) is 11.6 Å². The van der Waals surface area contributed by atoms with Gasteiger partial charge in [0.25, 0.3) is 0 Å². The molecular weight excluding hydrogens is 201 g/mol. The fourth-order valence-corrected chi connectivity index (χ4v) is 0.487. The first kappa shape index (κ1) is 11.6. The zero-order valence-electron chi connectivity index (χ0n) is 6.71. The quantitative estimate of drug-likeness (QED) is 0.422. The summed E-state index contributed by atoms with van der Waals surface area (Å²) in [5.41, 5.74) is -0.519. The minimum atomic E-state index is -1.39. The van der Waals surface area contributed by atoms with Gasteiger partial charge in [0.05, 0.1) is 5.57 Å². The minimum absolute atomic E-state index is 0.519. The Labute approximate surface area is 78.7 Å². The van der Waals surface area contributed by atoms with E-state index < -0.39 is 28.4 Å². The molecule has 0 bridgehead atoms. The Morgan fingerprint density at radius 3 is 2.31 bits per heavy atom. The number of nitrogens with zero attached hydrogens (tertiary/aromatic N) is 1. The van der Waals surface area contributed by atoms with Gasteiger partial charge in [-0.1, -0.05) is 18.2 Å². The smallest absolute Gasteiger partial charge is 0.338 e. The second-order valence-corrected chi connectivity index (χ2v) is 2.40. The summed E-state index contributed by atoms with van der Waals surface area (Å²) in [6, 6.07) is 0. The maximum absolute atomic E-state index is 12.2. The number of rotatable bonds is 3. The molecule has 0 aromatic heterocycles. The summed E-state index contributed by atoms with van der Waals surface area (Å²) in [5, 5.41) is 16.5. The first-order chi connectivity index (χ1) is 5.86. The van der Waals surface area contributed by atoms with E-state index in [1.165, 1.54) is 0 Å². The van der Waals surface area contributed by atoms with E-state index in [9.17, 15) is 9.18 Å². The Hall–Kier alpha value is -1.36. The van der Waals surface area contributed by atoms with Crippen molar-refractivity contribution in [2.45, 2.75) is 6.92 Å². The van der Waals surface area contributed by atoms with Crippen molar-refractivity contribution < 1.29 is 19.4 Å². The molecule has 72 valence electrons. The van der Waals surface area contributed by atoms with Gasteiger partial charge >= 0.3 is 5.97 Å². The van der Waals surface area contributed by atoms with Gasteiger partial charge in [0.1, 0.15) is 5.17 Å². The first-order valence-corrected chi connectivity index (χ1v) is 3.46. The van der Waals surface area contributed by atoms with Crippen molar-refractivity contribution in [2.75, 3.05) is 0 Å². The van der Waals surface area contributed by atoms with Crippen LogP contribution in [-0.4, -0.2) is 21.4 Å². The highest BCUT2D eigenvalue weighted by Crippen LogP contribution is 2.08. The van der Waals surface area contributed by atoms with Crippen molar-refractivity contribution in [1.29, 1.82) is 0 Å². The number of hydrogen-bond acceptors (Lipinski definition) is 3. The molecule has 0 aromatic rings. The zero-order chi connectivity index (χ0) is 10.6. The predicted octanol–water partition coefficient (Wildman–Crippen LogP) is 1.98. The molecule has 0 aliphatic rings. The van der Waals surface area contributed by atoms with Crippen molar-refractivity contribution in [2.24, 2.45) is 4.99 Å². The molecule has 0 rings (SSSR count). The molecule has 0 radical (unpaired) electrons. The second kappa shape index (κ2) is 4.61. The highest BCUT2D eigenvalue weighted by Gasteiger charge is 2.10. The summed E-state index contributed by atoms with van der Waals surface area (Å²) in [6.07, 6.45) is 0. The van der Waals surface area contributed by atoms with Crippen LogP contribution in [0.2, 0.25) is 0 Å². The van der Waals surface area contributed by atoms with Crippen LogP contribution in [-0.2, 0) is 4.79 Å². The third kappa shape index (κ3) is 3.71. The van der Waals surface area contributed by atoms with Gasteiger partial charge in [0, 0.05) is 0 Å². The number of halogens is 2. The fourth-order valence-electron chi connectivity index (χ4n) is 0.326. The number of allylic oxidation sites excluding steroid dienone is 1. The number of aliphatic hydroxyl groups is 1. The van der Waals surface area contributed by atoms with Gasteiger partial charge in [-0.15, -0.1) is 0 Å². The van der Waals surface area contributed by atoms with Gasteiger partial charge in [-0.05, 0) is 6.92 Å². The van der Waals surface area contributed by atoms with Crippen LogP contribution in [0.1, 0.15) is 6.92 Å². The normalized spacial score (nSPS) is 13.6. The topological polar surface area (TPSA) is 69.9 Å². The summed E-state index contributed by atoms with van der Waals surface area (Å²) < 4.78 is 12.2. The van der Waals surface area contributed by atoms with Crippen LogP contribution in [0, 0.1) is 0 Å². The van der Waals surface area contributed by atoms with Gasteiger partial charge in [0.2, 0.25) is 5.88 Å². The Morgan fingerprint density at radius 2 is 2.00 bits per heavy atom. The molecular formula is C7H7ClFNO3. The van der Waals surface area contributed by atoms with Crippen molar-refractivity contribution in [3.63, 3.8) is 0 Å². The summed E-state index contributed by atoms with van der Waals surface area (Å²) in [5.74, 6) is -3.32. The van der Waals surface area contributed by atoms with E-state index in [1.807, 2.05) is 0 Å². The molecule has 0 unspecified atom stereocenters. The molecule has 0 atom stereocenters. The highest BCUT2D eigenvalue weighted by molar-refractivity contribution is 6.72. The van der Waals surface area contributed by atoms with Crippen LogP contribution >= 0.6 is 11.6 Å². The van der Waals surface area contributed by atoms with E-state index in [-0.39, 0.29) is 0 Å².